The van der Waals surface area contributed by atoms with Crippen molar-refractivity contribution >= 4 is 11.6 Å². The fourth-order valence-electron chi connectivity index (χ4n) is 1.80. The predicted molar refractivity (Wildman–Crippen MR) is 70.3 cm³/mol. The molecule has 2 rings (SSSR count). The van der Waals surface area contributed by atoms with E-state index in [2.05, 4.69) is 10.1 Å². The molecule has 0 amide bonds. The minimum atomic E-state index is -4.45. The Morgan fingerprint density at radius 1 is 1.19 bits per heavy atom. The maximum Gasteiger partial charge on any atom is 0.433 e. The molecule has 0 unspecified atom stereocenters. The monoisotopic (exact) mass is 301 g/mol. The van der Waals surface area contributed by atoms with Crippen LogP contribution in [-0.4, -0.2) is 14.8 Å². The maximum atomic E-state index is 12.8. The summed E-state index contributed by atoms with van der Waals surface area (Å²) in [4.78, 5) is 3.76. The Morgan fingerprint density at radius 2 is 1.81 bits per heavy atom. The Bertz CT molecular complexity index is 618. The lowest BCUT2D eigenvalue weighted by Crippen LogP contribution is -2.13. The van der Waals surface area contributed by atoms with Crippen molar-refractivity contribution in [3.05, 3.63) is 29.6 Å². The van der Waals surface area contributed by atoms with Gasteiger partial charge in [0.1, 0.15) is 35.4 Å². The van der Waals surface area contributed by atoms with Crippen LogP contribution >= 0.6 is 0 Å². The molecule has 21 heavy (non-hydrogen) atoms. The number of aromatic nitrogens is 3. The molecule has 0 bridgehead atoms. The quantitative estimate of drug-likeness (QED) is 0.901. The zero-order valence-electron chi connectivity index (χ0n) is 11.2. The average Bonchev–Trinajstić information content (AvgIpc) is 2.78. The van der Waals surface area contributed by atoms with Gasteiger partial charge < -0.3 is 16.2 Å². The highest BCUT2D eigenvalue weighted by Crippen LogP contribution is 2.30. The number of hydrogen-bond acceptors (Lipinski definition) is 5. The summed E-state index contributed by atoms with van der Waals surface area (Å²) in [7, 11) is 0. The molecule has 0 aromatic carbocycles. The Balaban J connectivity index is 2.15. The molecule has 0 spiro atoms. The number of nitrogen functional groups attached to an aromatic ring is 2. The summed E-state index contributed by atoms with van der Waals surface area (Å²) in [5.74, 6) is 0.653. The molecule has 0 saturated carbocycles. The Kier molecular flexibility index (Phi) is 3.92. The minimum Gasteiger partial charge on any atom is -0.487 e. The average molecular weight is 301 g/mol. The van der Waals surface area contributed by atoms with E-state index in [0.29, 0.717) is 5.75 Å². The van der Waals surface area contributed by atoms with Gasteiger partial charge in [0.05, 0.1) is 0 Å². The van der Waals surface area contributed by atoms with Gasteiger partial charge in [-0.15, -0.1) is 0 Å². The van der Waals surface area contributed by atoms with Crippen molar-refractivity contribution in [3.63, 3.8) is 0 Å². The summed E-state index contributed by atoms with van der Waals surface area (Å²) in [5.41, 5.74) is 10.3. The molecule has 4 N–H and O–H groups in total. The van der Waals surface area contributed by atoms with Crippen LogP contribution in [0.3, 0.4) is 0 Å². The number of rotatable bonds is 4. The summed E-state index contributed by atoms with van der Waals surface area (Å²) in [5, 5.41) is 3.85. The lowest BCUT2D eigenvalue weighted by molar-refractivity contribution is -0.144. The van der Waals surface area contributed by atoms with Gasteiger partial charge in [0, 0.05) is 18.7 Å². The molecule has 0 atom stereocenters. The molecule has 2 heterocycles. The molecule has 2 aromatic heterocycles. The smallest absolute Gasteiger partial charge is 0.433 e. The number of nitrogens with two attached hydrogens (primary N) is 2. The third kappa shape index (κ3) is 3.56. The second-order valence-electron chi connectivity index (χ2n) is 4.28. The number of aryl methyl sites for hydroxylation is 1. The van der Waals surface area contributed by atoms with Gasteiger partial charge in [-0.1, -0.05) is 0 Å². The fourth-order valence-corrected chi connectivity index (χ4v) is 1.80. The van der Waals surface area contributed by atoms with Crippen LogP contribution in [-0.2, 0) is 19.3 Å². The Morgan fingerprint density at radius 3 is 2.29 bits per heavy atom. The largest absolute Gasteiger partial charge is 0.487 e. The molecular weight excluding hydrogens is 287 g/mol. The molecule has 0 aliphatic heterocycles. The van der Waals surface area contributed by atoms with Gasteiger partial charge in [0.2, 0.25) is 0 Å². The number of nitrogens with zero attached hydrogens (tertiary/aromatic N) is 3. The highest BCUT2D eigenvalue weighted by atomic mass is 19.4. The first-order valence-corrected chi connectivity index (χ1v) is 6.09. The lowest BCUT2D eigenvalue weighted by Gasteiger charge is -2.07. The van der Waals surface area contributed by atoms with E-state index in [0.717, 1.165) is 10.7 Å². The van der Waals surface area contributed by atoms with Crippen LogP contribution in [0.5, 0.6) is 5.75 Å². The number of halogens is 3. The van der Waals surface area contributed by atoms with Crippen LogP contribution < -0.4 is 16.2 Å². The van der Waals surface area contributed by atoms with E-state index in [1.807, 2.05) is 0 Å². The summed E-state index contributed by atoms with van der Waals surface area (Å²) < 4.78 is 44.5. The maximum absolute atomic E-state index is 12.8. The minimum absolute atomic E-state index is 0.115. The number of anilines is 2. The highest BCUT2D eigenvalue weighted by Gasteiger charge is 2.35. The summed E-state index contributed by atoms with van der Waals surface area (Å²) in [6.07, 6.45) is -4.45. The third-order valence-corrected chi connectivity index (χ3v) is 2.65. The number of pyridine rings is 1. The van der Waals surface area contributed by atoms with Crippen molar-refractivity contribution in [2.24, 2.45) is 0 Å². The van der Waals surface area contributed by atoms with E-state index in [4.69, 9.17) is 16.2 Å². The number of alkyl halides is 3. The van der Waals surface area contributed by atoms with E-state index in [9.17, 15) is 13.2 Å². The highest BCUT2D eigenvalue weighted by molar-refractivity contribution is 5.46. The summed E-state index contributed by atoms with van der Waals surface area (Å²) >= 11 is 0. The van der Waals surface area contributed by atoms with Crippen molar-refractivity contribution in [2.75, 3.05) is 11.5 Å². The van der Waals surface area contributed by atoms with Gasteiger partial charge in [0.15, 0.2) is 0 Å². The molecule has 114 valence electrons. The topological polar surface area (TPSA) is 92.0 Å². The molecule has 0 saturated heterocycles. The van der Waals surface area contributed by atoms with Crippen LogP contribution in [0.15, 0.2) is 18.2 Å². The van der Waals surface area contributed by atoms with Crippen molar-refractivity contribution in [1.82, 2.24) is 14.8 Å². The van der Waals surface area contributed by atoms with Crippen molar-refractivity contribution < 1.29 is 17.9 Å². The van der Waals surface area contributed by atoms with Gasteiger partial charge in [-0.25, -0.2) is 4.98 Å². The molecule has 0 radical (unpaired) electrons. The van der Waals surface area contributed by atoms with Crippen molar-refractivity contribution in [2.45, 2.75) is 26.3 Å². The van der Waals surface area contributed by atoms with Gasteiger partial charge in [-0.3, -0.25) is 4.68 Å². The van der Waals surface area contributed by atoms with Gasteiger partial charge in [0.25, 0.3) is 0 Å². The first-order chi connectivity index (χ1) is 9.79. The molecule has 0 fully saturated rings. The van der Waals surface area contributed by atoms with E-state index in [-0.39, 0.29) is 30.5 Å². The second kappa shape index (κ2) is 5.51. The SMILES string of the molecule is CCn1nc(COc2cc(N)nc(N)c2)cc1C(F)(F)F. The van der Waals surface area contributed by atoms with Crippen LogP contribution in [0.1, 0.15) is 18.3 Å². The Hall–Kier alpha value is -2.45. The molecule has 0 aliphatic rings. The first-order valence-electron chi connectivity index (χ1n) is 6.09. The van der Waals surface area contributed by atoms with Gasteiger partial charge in [-0.2, -0.15) is 18.3 Å². The third-order valence-electron chi connectivity index (χ3n) is 2.65. The summed E-state index contributed by atoms with van der Waals surface area (Å²) in [6.45, 7) is 1.57. The van der Waals surface area contributed by atoms with Crippen LogP contribution in [0.4, 0.5) is 24.8 Å². The van der Waals surface area contributed by atoms with Crippen LogP contribution in [0, 0.1) is 0 Å². The molecule has 9 heteroatoms. The zero-order chi connectivity index (χ0) is 15.6. The van der Waals surface area contributed by atoms with E-state index in [1.54, 1.807) is 6.92 Å². The molecule has 6 nitrogen and oxygen atoms in total. The molecule has 0 aliphatic carbocycles. The number of ether oxygens (including phenoxy) is 1. The van der Waals surface area contributed by atoms with E-state index >= 15 is 0 Å². The first kappa shape index (κ1) is 14.9. The van der Waals surface area contributed by atoms with Crippen molar-refractivity contribution in [3.8, 4) is 5.75 Å². The standard InChI is InChI=1S/C12H14F3N5O/c1-2-20-9(12(13,14)15)3-7(19-20)6-21-8-4-10(16)18-11(17)5-8/h3-5H,2,6H2,1H3,(H4,16,17,18). The Labute approximate surface area is 118 Å². The second-order valence-corrected chi connectivity index (χ2v) is 4.28. The normalized spacial score (nSPS) is 11.6. The molecule has 2 aromatic rings. The fraction of sp³-hybridized carbons (Fsp3) is 0.333. The predicted octanol–water partition coefficient (Wildman–Crippen LogP) is 2.06. The van der Waals surface area contributed by atoms with Crippen LogP contribution in [0.25, 0.3) is 0 Å². The van der Waals surface area contributed by atoms with Crippen LogP contribution in [0.2, 0.25) is 0 Å². The van der Waals surface area contributed by atoms with E-state index in [1.165, 1.54) is 12.1 Å². The van der Waals surface area contributed by atoms with Gasteiger partial charge >= 0.3 is 6.18 Å². The number of hydrogen-bond donors (Lipinski definition) is 2. The zero-order valence-corrected chi connectivity index (χ0v) is 11.2. The van der Waals surface area contributed by atoms with Gasteiger partial charge in [-0.05, 0) is 13.0 Å². The van der Waals surface area contributed by atoms with Crippen molar-refractivity contribution in [1.29, 1.82) is 0 Å². The molecular formula is C12H14F3N5O. The van der Waals surface area contributed by atoms with E-state index < -0.39 is 11.9 Å². The lowest BCUT2D eigenvalue weighted by atomic mass is 10.3. The summed E-state index contributed by atoms with van der Waals surface area (Å²) in [6, 6.07) is 3.81.